The van der Waals surface area contributed by atoms with Gasteiger partial charge in [-0.3, -0.25) is 4.79 Å². The lowest BCUT2D eigenvalue weighted by Crippen LogP contribution is -3.00. The highest BCUT2D eigenvalue weighted by atomic mass is 79.9. The van der Waals surface area contributed by atoms with Crippen molar-refractivity contribution in [1.29, 1.82) is 0 Å². The second-order valence-corrected chi connectivity index (χ2v) is 4.24. The Kier molecular flexibility index (Phi) is 9.37. The molecule has 0 bridgehead atoms. The van der Waals surface area contributed by atoms with E-state index in [4.69, 9.17) is 0 Å². The second kappa shape index (κ2) is 9.69. The van der Waals surface area contributed by atoms with Crippen molar-refractivity contribution in [3.63, 3.8) is 0 Å². The minimum absolute atomic E-state index is 0. The van der Waals surface area contributed by atoms with Gasteiger partial charge in [0.25, 0.3) is 5.91 Å². The van der Waals surface area contributed by atoms with E-state index in [0.717, 1.165) is 18.1 Å². The van der Waals surface area contributed by atoms with E-state index in [-0.39, 0.29) is 22.9 Å². The van der Waals surface area contributed by atoms with E-state index in [0.29, 0.717) is 6.54 Å². The molecule has 0 spiro atoms. The highest BCUT2D eigenvalue weighted by Crippen LogP contribution is 2.10. The Hall–Kier alpha value is -0.520. The van der Waals surface area contributed by atoms with Gasteiger partial charge >= 0.3 is 0 Å². The smallest absolute Gasteiger partial charge is 0.275 e. The SMILES string of the molecule is [Br-].[NH3+]CC(=O)NCCSCc1ccccc1. The van der Waals surface area contributed by atoms with Crippen LogP contribution in [-0.4, -0.2) is 24.7 Å². The van der Waals surface area contributed by atoms with Gasteiger partial charge in [-0.1, -0.05) is 30.3 Å². The third-order valence-electron chi connectivity index (χ3n) is 1.91. The molecule has 1 rings (SSSR count). The van der Waals surface area contributed by atoms with Gasteiger partial charge in [-0.05, 0) is 5.56 Å². The van der Waals surface area contributed by atoms with Crippen molar-refractivity contribution < 1.29 is 27.5 Å². The molecule has 1 amide bonds. The van der Waals surface area contributed by atoms with Crippen LogP contribution in [0, 0.1) is 0 Å². The van der Waals surface area contributed by atoms with E-state index in [2.05, 4.69) is 23.2 Å². The molecule has 1 aromatic carbocycles. The molecule has 0 aliphatic rings. The number of halogens is 1. The first-order chi connectivity index (χ1) is 7.33. The zero-order valence-corrected chi connectivity index (χ0v) is 11.5. The van der Waals surface area contributed by atoms with Crippen molar-refractivity contribution in [2.45, 2.75) is 5.75 Å². The average molecular weight is 305 g/mol. The van der Waals surface area contributed by atoms with E-state index in [1.165, 1.54) is 5.56 Å². The Bertz CT molecular complexity index is 295. The van der Waals surface area contributed by atoms with E-state index >= 15 is 0 Å². The standard InChI is InChI=1S/C11H16N2OS.BrH/c12-8-11(14)13-6-7-15-9-10-4-2-1-3-5-10;/h1-5H,6-9,12H2,(H,13,14);1H. The molecule has 16 heavy (non-hydrogen) atoms. The molecule has 1 aromatic rings. The molecule has 0 atom stereocenters. The Balaban J connectivity index is 0.00000225. The summed E-state index contributed by atoms with van der Waals surface area (Å²) >= 11 is 1.82. The van der Waals surface area contributed by atoms with Crippen LogP contribution in [-0.2, 0) is 10.5 Å². The van der Waals surface area contributed by atoms with E-state index < -0.39 is 0 Å². The van der Waals surface area contributed by atoms with Crippen LogP contribution in [0.2, 0.25) is 0 Å². The summed E-state index contributed by atoms with van der Waals surface area (Å²) < 4.78 is 0. The molecule has 0 unspecified atom stereocenters. The van der Waals surface area contributed by atoms with Crippen LogP contribution in [0.5, 0.6) is 0 Å². The van der Waals surface area contributed by atoms with Crippen molar-refractivity contribution in [3.8, 4) is 0 Å². The molecule has 0 fully saturated rings. The van der Waals surface area contributed by atoms with Crippen LogP contribution in [0.25, 0.3) is 0 Å². The van der Waals surface area contributed by atoms with Crippen molar-refractivity contribution >= 4 is 17.7 Å². The Morgan fingerprint density at radius 2 is 2.00 bits per heavy atom. The fourth-order valence-electron chi connectivity index (χ4n) is 1.12. The van der Waals surface area contributed by atoms with Gasteiger partial charge < -0.3 is 28.0 Å². The molecule has 0 saturated heterocycles. The number of rotatable bonds is 6. The van der Waals surface area contributed by atoms with Gasteiger partial charge in [0.15, 0.2) is 6.54 Å². The molecule has 0 aromatic heterocycles. The highest BCUT2D eigenvalue weighted by Gasteiger charge is 1.97. The predicted octanol–water partition coefficient (Wildman–Crippen LogP) is -2.72. The number of thioether (sulfide) groups is 1. The first-order valence-corrected chi connectivity index (χ1v) is 6.16. The maximum Gasteiger partial charge on any atom is 0.275 e. The van der Waals surface area contributed by atoms with E-state index in [1.807, 2.05) is 30.0 Å². The molecule has 0 heterocycles. The van der Waals surface area contributed by atoms with Gasteiger partial charge in [0.05, 0.1) is 0 Å². The van der Waals surface area contributed by atoms with E-state index in [9.17, 15) is 4.79 Å². The quantitative estimate of drug-likeness (QED) is 0.561. The first kappa shape index (κ1) is 15.5. The van der Waals surface area contributed by atoms with Crippen molar-refractivity contribution in [2.75, 3.05) is 18.8 Å². The number of hydrogen-bond acceptors (Lipinski definition) is 2. The lowest BCUT2D eigenvalue weighted by atomic mass is 10.2. The lowest BCUT2D eigenvalue weighted by molar-refractivity contribution is -0.355. The second-order valence-electron chi connectivity index (χ2n) is 3.14. The maximum absolute atomic E-state index is 10.9. The largest absolute Gasteiger partial charge is 1.00 e. The van der Waals surface area contributed by atoms with Crippen LogP contribution in [0.3, 0.4) is 0 Å². The highest BCUT2D eigenvalue weighted by molar-refractivity contribution is 7.98. The first-order valence-electron chi connectivity index (χ1n) is 5.00. The van der Waals surface area contributed by atoms with Gasteiger partial charge in [0, 0.05) is 18.1 Å². The molecule has 90 valence electrons. The summed E-state index contributed by atoms with van der Waals surface area (Å²) in [5, 5.41) is 2.80. The normalized spacial score (nSPS) is 9.31. The summed E-state index contributed by atoms with van der Waals surface area (Å²) in [6, 6.07) is 10.3. The van der Waals surface area contributed by atoms with Crippen molar-refractivity contribution in [3.05, 3.63) is 35.9 Å². The summed E-state index contributed by atoms with van der Waals surface area (Å²) in [4.78, 5) is 10.9. The molecule has 4 N–H and O–H groups in total. The molecule has 5 heteroatoms. The number of hydrogen-bond donors (Lipinski definition) is 2. The zero-order chi connectivity index (χ0) is 10.9. The average Bonchev–Trinajstić information content (AvgIpc) is 2.29. The minimum atomic E-state index is 0. The van der Waals surface area contributed by atoms with Gasteiger partial charge in [-0.2, -0.15) is 11.8 Å². The number of carbonyl (C=O) groups is 1. The Labute approximate surface area is 111 Å². The fourth-order valence-corrected chi connectivity index (χ4v) is 1.93. The van der Waals surface area contributed by atoms with Gasteiger partial charge in [0.1, 0.15) is 0 Å². The van der Waals surface area contributed by atoms with Crippen molar-refractivity contribution in [1.82, 2.24) is 5.32 Å². The van der Waals surface area contributed by atoms with Crippen LogP contribution < -0.4 is 28.0 Å². The molecule has 0 aliphatic heterocycles. The Morgan fingerprint density at radius 1 is 1.31 bits per heavy atom. The number of carbonyl (C=O) groups excluding carboxylic acids is 1. The molecular weight excluding hydrogens is 288 g/mol. The lowest BCUT2D eigenvalue weighted by Gasteiger charge is -2.02. The Morgan fingerprint density at radius 3 is 2.62 bits per heavy atom. The molecule has 0 radical (unpaired) electrons. The summed E-state index contributed by atoms with van der Waals surface area (Å²) in [6.07, 6.45) is 0. The topological polar surface area (TPSA) is 56.7 Å². The number of benzene rings is 1. The predicted molar refractivity (Wildman–Crippen MR) is 63.4 cm³/mol. The molecule has 3 nitrogen and oxygen atoms in total. The maximum atomic E-state index is 10.9. The van der Waals surface area contributed by atoms with Gasteiger partial charge in [-0.25, -0.2) is 0 Å². The zero-order valence-electron chi connectivity index (χ0n) is 9.12. The minimum Gasteiger partial charge on any atom is -1.00 e. The van der Waals surface area contributed by atoms with Gasteiger partial charge in [-0.15, -0.1) is 0 Å². The molecular formula is C11H17BrN2OS. The van der Waals surface area contributed by atoms with Crippen LogP contribution >= 0.6 is 11.8 Å². The van der Waals surface area contributed by atoms with Gasteiger partial charge in [0.2, 0.25) is 0 Å². The van der Waals surface area contributed by atoms with Crippen LogP contribution in [0.1, 0.15) is 5.56 Å². The number of nitrogens with one attached hydrogen (secondary N) is 1. The molecule has 0 saturated carbocycles. The molecule has 0 aliphatic carbocycles. The van der Waals surface area contributed by atoms with E-state index in [1.54, 1.807) is 0 Å². The third kappa shape index (κ3) is 6.87. The monoisotopic (exact) mass is 304 g/mol. The number of quaternary nitrogens is 1. The van der Waals surface area contributed by atoms with Crippen molar-refractivity contribution in [2.24, 2.45) is 0 Å². The summed E-state index contributed by atoms with van der Waals surface area (Å²) in [7, 11) is 0. The summed E-state index contributed by atoms with van der Waals surface area (Å²) in [6.45, 7) is 1.05. The fraction of sp³-hybridized carbons (Fsp3) is 0.364. The summed E-state index contributed by atoms with van der Waals surface area (Å²) in [5.74, 6) is 1.97. The summed E-state index contributed by atoms with van der Waals surface area (Å²) in [5.41, 5.74) is 4.84. The number of amides is 1. The van der Waals surface area contributed by atoms with Crippen LogP contribution in [0.4, 0.5) is 0 Å². The third-order valence-corrected chi connectivity index (χ3v) is 2.94. The van der Waals surface area contributed by atoms with Crippen LogP contribution in [0.15, 0.2) is 30.3 Å².